The average Bonchev–Trinajstić information content (AvgIpc) is 3.08. The second kappa shape index (κ2) is 9.20. The highest BCUT2D eigenvalue weighted by atomic mass is 32.1. The number of thiophene rings is 1. The molecular formula is C24H31N5OS. The Morgan fingerprint density at radius 2 is 1.58 bits per heavy atom. The van der Waals surface area contributed by atoms with Crippen molar-refractivity contribution in [3.05, 3.63) is 52.2 Å². The number of anilines is 1. The zero-order chi connectivity index (χ0) is 21.2. The molecule has 0 spiro atoms. The Kier molecular flexibility index (Phi) is 6.18. The monoisotopic (exact) mass is 437 g/mol. The van der Waals surface area contributed by atoms with E-state index >= 15 is 0 Å². The van der Waals surface area contributed by atoms with E-state index in [1.807, 2.05) is 0 Å². The number of benzene rings is 1. The first-order valence-corrected chi connectivity index (χ1v) is 12.1. The Morgan fingerprint density at radius 3 is 2.32 bits per heavy atom. The molecule has 31 heavy (non-hydrogen) atoms. The maximum absolute atomic E-state index is 5.50. The van der Waals surface area contributed by atoms with Gasteiger partial charge >= 0.3 is 0 Å². The first-order chi connectivity index (χ1) is 15.2. The predicted molar refractivity (Wildman–Crippen MR) is 127 cm³/mol. The molecule has 4 heterocycles. The summed E-state index contributed by atoms with van der Waals surface area (Å²) in [6.45, 7) is 13.9. The molecule has 1 aromatic carbocycles. The van der Waals surface area contributed by atoms with Crippen LogP contribution in [-0.4, -0.2) is 72.3 Å². The van der Waals surface area contributed by atoms with Gasteiger partial charge in [-0.05, 0) is 25.0 Å². The van der Waals surface area contributed by atoms with E-state index in [0.29, 0.717) is 0 Å². The summed E-state index contributed by atoms with van der Waals surface area (Å²) in [5.74, 6) is 2.08. The van der Waals surface area contributed by atoms with Gasteiger partial charge in [0.25, 0.3) is 0 Å². The number of aromatic nitrogens is 2. The van der Waals surface area contributed by atoms with Gasteiger partial charge in [0.1, 0.15) is 16.5 Å². The maximum atomic E-state index is 5.50. The van der Waals surface area contributed by atoms with Crippen LogP contribution >= 0.6 is 11.3 Å². The van der Waals surface area contributed by atoms with Crippen molar-refractivity contribution >= 4 is 27.4 Å². The summed E-state index contributed by atoms with van der Waals surface area (Å²) >= 11 is 1.80. The van der Waals surface area contributed by atoms with E-state index in [0.717, 1.165) is 82.0 Å². The second-order valence-electron chi connectivity index (χ2n) is 8.56. The molecule has 0 atom stereocenters. The zero-order valence-electron chi connectivity index (χ0n) is 18.5. The second-order valence-corrected chi connectivity index (χ2v) is 9.77. The molecule has 6 nitrogen and oxygen atoms in total. The number of aryl methyl sites for hydroxylation is 2. The summed E-state index contributed by atoms with van der Waals surface area (Å²) < 4.78 is 5.50. The van der Waals surface area contributed by atoms with Crippen molar-refractivity contribution < 1.29 is 4.74 Å². The molecule has 2 saturated heterocycles. The summed E-state index contributed by atoms with van der Waals surface area (Å²) in [5, 5.41) is 1.25. The summed E-state index contributed by atoms with van der Waals surface area (Å²) in [5.41, 5.74) is 2.72. The first-order valence-electron chi connectivity index (χ1n) is 11.3. The molecule has 7 heteroatoms. The minimum Gasteiger partial charge on any atom is -0.379 e. The standard InChI is InChI=1S/C24H31N5OS/c1-18-19(2)31-24-22(18)23(25-21(26-24)17-28-12-14-30-15-13-28)29-10-8-27(9-11-29)16-20-6-4-3-5-7-20/h3-7H,8-17H2,1-2H3. The van der Waals surface area contributed by atoms with Crippen molar-refractivity contribution in [3.63, 3.8) is 0 Å². The van der Waals surface area contributed by atoms with Gasteiger partial charge in [-0.15, -0.1) is 11.3 Å². The molecule has 2 fully saturated rings. The number of ether oxygens (including phenoxy) is 1. The lowest BCUT2D eigenvalue weighted by Crippen LogP contribution is -2.46. The SMILES string of the molecule is Cc1sc2nc(CN3CCOCC3)nc(N3CCN(Cc4ccccc4)CC3)c2c1C. The summed E-state index contributed by atoms with van der Waals surface area (Å²) in [7, 11) is 0. The molecule has 0 amide bonds. The van der Waals surface area contributed by atoms with E-state index in [2.05, 4.69) is 58.9 Å². The van der Waals surface area contributed by atoms with Gasteiger partial charge in [0.15, 0.2) is 0 Å². The topological polar surface area (TPSA) is 44.7 Å². The third-order valence-corrected chi connectivity index (χ3v) is 7.55. The Hall–Kier alpha value is -2.06. The van der Waals surface area contributed by atoms with Gasteiger partial charge < -0.3 is 9.64 Å². The fourth-order valence-corrected chi connectivity index (χ4v) is 5.53. The third-order valence-electron chi connectivity index (χ3n) is 6.45. The van der Waals surface area contributed by atoms with Crippen LogP contribution in [0, 0.1) is 13.8 Å². The fourth-order valence-electron chi connectivity index (χ4n) is 4.49. The van der Waals surface area contributed by atoms with E-state index < -0.39 is 0 Å². The summed E-state index contributed by atoms with van der Waals surface area (Å²) in [6, 6.07) is 10.8. The predicted octanol–water partition coefficient (Wildman–Crippen LogP) is 3.46. The van der Waals surface area contributed by atoms with Gasteiger partial charge in [0, 0.05) is 50.7 Å². The van der Waals surface area contributed by atoms with Crippen LogP contribution in [0.15, 0.2) is 30.3 Å². The Morgan fingerprint density at radius 1 is 0.871 bits per heavy atom. The molecule has 0 aliphatic carbocycles. The number of morpholine rings is 1. The van der Waals surface area contributed by atoms with Crippen LogP contribution in [-0.2, 0) is 17.8 Å². The van der Waals surface area contributed by atoms with Gasteiger partial charge in [-0.2, -0.15) is 0 Å². The molecule has 0 saturated carbocycles. The molecule has 3 aromatic rings. The van der Waals surface area contributed by atoms with Crippen molar-refractivity contribution in [1.82, 2.24) is 19.8 Å². The number of fused-ring (bicyclic) bond motifs is 1. The quantitative estimate of drug-likeness (QED) is 0.609. The van der Waals surface area contributed by atoms with Crippen molar-refractivity contribution in [3.8, 4) is 0 Å². The number of hydrogen-bond donors (Lipinski definition) is 0. The van der Waals surface area contributed by atoms with Crippen LogP contribution in [0.25, 0.3) is 10.2 Å². The van der Waals surface area contributed by atoms with Crippen LogP contribution in [0.1, 0.15) is 21.8 Å². The molecule has 0 bridgehead atoms. The largest absolute Gasteiger partial charge is 0.379 e. The van der Waals surface area contributed by atoms with Crippen LogP contribution in [0.3, 0.4) is 0 Å². The van der Waals surface area contributed by atoms with Crippen molar-refractivity contribution in [2.45, 2.75) is 26.9 Å². The molecule has 5 rings (SSSR count). The number of piperazine rings is 1. The Bertz CT molecular complexity index is 1020. The molecule has 2 aliphatic rings. The summed E-state index contributed by atoms with van der Waals surface area (Å²) in [6.07, 6.45) is 0. The molecule has 2 aliphatic heterocycles. The number of rotatable bonds is 5. The molecule has 164 valence electrons. The Labute approximate surface area is 188 Å². The maximum Gasteiger partial charge on any atom is 0.146 e. The first kappa shape index (κ1) is 20.8. The van der Waals surface area contributed by atoms with Gasteiger partial charge in [0.2, 0.25) is 0 Å². The number of hydrogen-bond acceptors (Lipinski definition) is 7. The molecule has 0 N–H and O–H groups in total. The van der Waals surface area contributed by atoms with E-state index in [1.165, 1.54) is 21.4 Å². The van der Waals surface area contributed by atoms with Gasteiger partial charge in [-0.1, -0.05) is 30.3 Å². The van der Waals surface area contributed by atoms with E-state index in [4.69, 9.17) is 14.7 Å². The average molecular weight is 438 g/mol. The lowest BCUT2D eigenvalue weighted by molar-refractivity contribution is 0.0331. The minimum atomic E-state index is 0.801. The van der Waals surface area contributed by atoms with Crippen LogP contribution in [0.5, 0.6) is 0 Å². The molecule has 0 radical (unpaired) electrons. The Balaban J connectivity index is 1.36. The lowest BCUT2D eigenvalue weighted by Gasteiger charge is -2.36. The highest BCUT2D eigenvalue weighted by Crippen LogP contribution is 2.35. The van der Waals surface area contributed by atoms with Crippen LogP contribution in [0.4, 0.5) is 5.82 Å². The van der Waals surface area contributed by atoms with Crippen molar-refractivity contribution in [2.75, 3.05) is 57.4 Å². The van der Waals surface area contributed by atoms with Crippen molar-refractivity contribution in [2.24, 2.45) is 0 Å². The van der Waals surface area contributed by atoms with E-state index in [-0.39, 0.29) is 0 Å². The zero-order valence-corrected chi connectivity index (χ0v) is 19.3. The fraction of sp³-hybridized carbons (Fsp3) is 0.500. The molecule has 2 aromatic heterocycles. The minimum absolute atomic E-state index is 0.801. The molecular weight excluding hydrogens is 406 g/mol. The third kappa shape index (κ3) is 4.60. The van der Waals surface area contributed by atoms with Crippen LogP contribution < -0.4 is 4.90 Å². The normalized spacial score (nSPS) is 18.7. The highest BCUT2D eigenvalue weighted by Gasteiger charge is 2.24. The van der Waals surface area contributed by atoms with Crippen molar-refractivity contribution in [1.29, 1.82) is 0 Å². The van der Waals surface area contributed by atoms with E-state index in [1.54, 1.807) is 11.3 Å². The van der Waals surface area contributed by atoms with E-state index in [9.17, 15) is 0 Å². The molecule has 0 unspecified atom stereocenters. The van der Waals surface area contributed by atoms with Gasteiger partial charge in [-0.25, -0.2) is 9.97 Å². The lowest BCUT2D eigenvalue weighted by atomic mass is 10.1. The highest BCUT2D eigenvalue weighted by molar-refractivity contribution is 7.18. The van der Waals surface area contributed by atoms with Gasteiger partial charge in [0.05, 0.1) is 25.1 Å². The smallest absolute Gasteiger partial charge is 0.146 e. The number of nitrogens with zero attached hydrogens (tertiary/aromatic N) is 5. The van der Waals surface area contributed by atoms with Gasteiger partial charge in [-0.3, -0.25) is 9.80 Å². The van der Waals surface area contributed by atoms with Crippen LogP contribution in [0.2, 0.25) is 0 Å². The summed E-state index contributed by atoms with van der Waals surface area (Å²) in [4.78, 5) is 20.0.